The van der Waals surface area contributed by atoms with E-state index < -0.39 is 29.3 Å². The Morgan fingerprint density at radius 2 is 1.58 bits per heavy atom. The van der Waals surface area contributed by atoms with Crippen molar-refractivity contribution in [3.05, 3.63) is 118 Å². The molecule has 3 unspecified atom stereocenters. The van der Waals surface area contributed by atoms with Crippen molar-refractivity contribution in [1.29, 1.82) is 0 Å². The van der Waals surface area contributed by atoms with Gasteiger partial charge in [0.25, 0.3) is 0 Å². The first kappa shape index (κ1) is 32.8. The molecule has 1 fully saturated rings. The van der Waals surface area contributed by atoms with Gasteiger partial charge in [-0.05, 0) is 60.9 Å². The summed E-state index contributed by atoms with van der Waals surface area (Å²) in [6, 6.07) is 26.5. The second-order valence-electron chi connectivity index (χ2n) is 12.7. The molecule has 3 aromatic carbocycles. The fourth-order valence-electron chi connectivity index (χ4n) is 7.67. The van der Waals surface area contributed by atoms with Crippen LogP contribution in [-0.4, -0.2) is 41.4 Å². The Kier molecular flexibility index (Phi) is 11.0. The zero-order chi connectivity index (χ0) is 31.8. The molecule has 2 aliphatic rings. The van der Waals surface area contributed by atoms with Crippen LogP contribution < -0.4 is 5.32 Å². The van der Waals surface area contributed by atoms with Gasteiger partial charge >= 0.3 is 11.9 Å². The molecule has 0 spiro atoms. The Morgan fingerprint density at radius 3 is 2.16 bits per heavy atom. The van der Waals surface area contributed by atoms with Crippen LogP contribution in [0.25, 0.3) is 0 Å². The van der Waals surface area contributed by atoms with Gasteiger partial charge in [0.15, 0.2) is 0 Å². The van der Waals surface area contributed by atoms with E-state index in [1.807, 2.05) is 36.4 Å². The van der Waals surface area contributed by atoms with E-state index in [2.05, 4.69) is 29.6 Å². The standard InChI is InChI=1S/C38H44ClNO5/c1-26-34(36(41)42)35(30-18-11-19-31(39)24-30)38(37(43)44,33(40-26)25-45-23-21-27-12-5-2-6-13-27)22-20-32(28-14-7-3-8-15-28)29-16-9-4-10-17-29/h3-4,7-11,14-19,24,27,32-33,35,40H,2,5-6,12-13,20-23,25H2,1H3,(H,41,42)(H,43,44). The summed E-state index contributed by atoms with van der Waals surface area (Å²) in [6.45, 7) is 2.42. The van der Waals surface area contributed by atoms with Gasteiger partial charge in [0.05, 0.1) is 18.2 Å². The number of aliphatic carboxylic acids is 2. The first-order valence-corrected chi connectivity index (χ1v) is 16.6. The topological polar surface area (TPSA) is 95.9 Å². The monoisotopic (exact) mass is 629 g/mol. The van der Waals surface area contributed by atoms with Crippen molar-refractivity contribution in [1.82, 2.24) is 5.32 Å². The molecule has 1 heterocycles. The second kappa shape index (κ2) is 15.1. The van der Waals surface area contributed by atoms with E-state index in [0.717, 1.165) is 17.5 Å². The number of nitrogens with one attached hydrogen (secondary N) is 1. The van der Waals surface area contributed by atoms with E-state index in [9.17, 15) is 19.8 Å². The lowest BCUT2D eigenvalue weighted by atomic mass is 9.59. The van der Waals surface area contributed by atoms with E-state index in [-0.39, 0.29) is 24.5 Å². The summed E-state index contributed by atoms with van der Waals surface area (Å²) in [6.07, 6.45) is 7.87. The van der Waals surface area contributed by atoms with Crippen molar-refractivity contribution in [2.75, 3.05) is 13.2 Å². The van der Waals surface area contributed by atoms with Crippen LogP contribution in [0.1, 0.15) is 86.8 Å². The Hall–Kier alpha value is -3.61. The van der Waals surface area contributed by atoms with Crippen LogP contribution >= 0.6 is 11.6 Å². The maximum Gasteiger partial charge on any atom is 0.333 e. The first-order chi connectivity index (χ1) is 21.8. The fourth-order valence-corrected chi connectivity index (χ4v) is 7.87. The zero-order valence-electron chi connectivity index (χ0n) is 26.0. The maximum atomic E-state index is 13.9. The van der Waals surface area contributed by atoms with Crippen molar-refractivity contribution in [2.24, 2.45) is 11.3 Å². The quantitative estimate of drug-likeness (QED) is 0.164. The lowest BCUT2D eigenvalue weighted by Crippen LogP contribution is -2.59. The van der Waals surface area contributed by atoms with Gasteiger partial charge in [-0.2, -0.15) is 0 Å². The van der Waals surface area contributed by atoms with E-state index in [0.29, 0.717) is 35.2 Å². The molecule has 1 aliphatic heterocycles. The van der Waals surface area contributed by atoms with E-state index in [1.165, 1.54) is 32.1 Å². The van der Waals surface area contributed by atoms with Crippen LogP contribution in [0.15, 0.2) is 96.2 Å². The van der Waals surface area contributed by atoms with Crippen molar-refractivity contribution in [3.8, 4) is 0 Å². The van der Waals surface area contributed by atoms with E-state index >= 15 is 0 Å². The summed E-state index contributed by atoms with van der Waals surface area (Å²) in [5.74, 6) is -2.59. The average Bonchev–Trinajstić information content (AvgIpc) is 3.05. The van der Waals surface area contributed by atoms with Crippen LogP contribution in [0.5, 0.6) is 0 Å². The van der Waals surface area contributed by atoms with Gasteiger partial charge in [-0.25, -0.2) is 4.79 Å². The Labute approximate surface area is 271 Å². The fraction of sp³-hybridized carbons (Fsp3) is 0.421. The number of hydrogen-bond acceptors (Lipinski definition) is 4. The molecule has 0 aromatic heterocycles. The van der Waals surface area contributed by atoms with Crippen molar-refractivity contribution in [2.45, 2.75) is 76.2 Å². The third kappa shape index (κ3) is 7.45. The number of carboxylic acid groups (broad SMARTS) is 2. The summed E-state index contributed by atoms with van der Waals surface area (Å²) < 4.78 is 6.29. The molecule has 1 aliphatic carbocycles. The summed E-state index contributed by atoms with van der Waals surface area (Å²) in [4.78, 5) is 26.8. The molecule has 3 atom stereocenters. The minimum absolute atomic E-state index is 0.0501. The largest absolute Gasteiger partial charge is 0.481 e. The van der Waals surface area contributed by atoms with Gasteiger partial charge in [-0.3, -0.25) is 4.79 Å². The summed E-state index contributed by atoms with van der Waals surface area (Å²) in [7, 11) is 0. The number of carboxylic acids is 2. The van der Waals surface area contributed by atoms with Crippen LogP contribution in [0, 0.1) is 11.3 Å². The highest BCUT2D eigenvalue weighted by Gasteiger charge is 2.57. The molecule has 0 amide bonds. The number of rotatable bonds is 13. The average molecular weight is 630 g/mol. The normalized spacial score (nSPS) is 22.3. The highest BCUT2D eigenvalue weighted by molar-refractivity contribution is 6.30. The molecular formula is C38H44ClNO5. The minimum atomic E-state index is -1.54. The number of ether oxygens (including phenoxy) is 1. The number of halogens is 1. The second-order valence-corrected chi connectivity index (χ2v) is 13.1. The van der Waals surface area contributed by atoms with Crippen LogP contribution in [0.2, 0.25) is 5.02 Å². The maximum absolute atomic E-state index is 13.9. The van der Waals surface area contributed by atoms with Gasteiger partial charge in [0.1, 0.15) is 5.41 Å². The van der Waals surface area contributed by atoms with Crippen molar-refractivity contribution >= 4 is 23.5 Å². The smallest absolute Gasteiger partial charge is 0.333 e. The van der Waals surface area contributed by atoms with Gasteiger partial charge < -0.3 is 20.3 Å². The summed E-state index contributed by atoms with van der Waals surface area (Å²) >= 11 is 6.45. The third-order valence-electron chi connectivity index (χ3n) is 9.96. The summed E-state index contributed by atoms with van der Waals surface area (Å²) in [5, 5.41) is 25.6. The lowest BCUT2D eigenvalue weighted by Gasteiger charge is -2.48. The Bertz CT molecular complexity index is 1430. The van der Waals surface area contributed by atoms with Crippen LogP contribution in [-0.2, 0) is 14.3 Å². The molecule has 0 saturated heterocycles. The molecule has 6 nitrogen and oxygen atoms in total. The number of benzene rings is 3. The predicted octanol–water partition coefficient (Wildman–Crippen LogP) is 8.42. The highest BCUT2D eigenvalue weighted by Crippen LogP contribution is 2.52. The Morgan fingerprint density at radius 1 is 0.933 bits per heavy atom. The first-order valence-electron chi connectivity index (χ1n) is 16.2. The van der Waals surface area contributed by atoms with Crippen LogP contribution in [0.3, 0.4) is 0 Å². The molecule has 0 bridgehead atoms. The van der Waals surface area contributed by atoms with Crippen molar-refractivity contribution < 1.29 is 24.5 Å². The van der Waals surface area contributed by atoms with Crippen molar-refractivity contribution in [3.63, 3.8) is 0 Å². The zero-order valence-corrected chi connectivity index (χ0v) is 26.7. The van der Waals surface area contributed by atoms with Gasteiger partial charge in [0, 0.05) is 29.2 Å². The van der Waals surface area contributed by atoms with E-state index in [1.54, 1.807) is 31.2 Å². The molecule has 3 aromatic rings. The molecule has 1 saturated carbocycles. The number of allylic oxidation sites excluding steroid dienone is 1. The van der Waals surface area contributed by atoms with Gasteiger partial charge in [-0.15, -0.1) is 0 Å². The molecule has 5 rings (SSSR count). The van der Waals surface area contributed by atoms with Gasteiger partial charge in [0.2, 0.25) is 0 Å². The molecule has 0 radical (unpaired) electrons. The van der Waals surface area contributed by atoms with E-state index in [4.69, 9.17) is 16.3 Å². The molecule has 7 heteroatoms. The molecule has 3 N–H and O–H groups in total. The molecule has 45 heavy (non-hydrogen) atoms. The lowest BCUT2D eigenvalue weighted by molar-refractivity contribution is -0.155. The van der Waals surface area contributed by atoms with Gasteiger partial charge in [-0.1, -0.05) is 117 Å². The number of hydrogen-bond donors (Lipinski definition) is 3. The third-order valence-corrected chi connectivity index (χ3v) is 10.2. The SMILES string of the molecule is CC1=C(C(=O)O)C(c2cccc(Cl)c2)C(CCC(c2ccccc2)c2ccccc2)(C(=O)O)C(COCCC2CCCCC2)N1. The predicted molar refractivity (Wildman–Crippen MR) is 177 cm³/mol. The number of carbonyl (C=O) groups is 2. The summed E-state index contributed by atoms with van der Waals surface area (Å²) in [5.41, 5.74) is 1.70. The highest BCUT2D eigenvalue weighted by atomic mass is 35.5. The molecule has 238 valence electrons. The van der Waals surface area contributed by atoms with Crippen LogP contribution in [0.4, 0.5) is 0 Å². The minimum Gasteiger partial charge on any atom is -0.481 e. The molecular weight excluding hydrogens is 586 g/mol. The Balaban J connectivity index is 1.55.